The molecule has 0 saturated carbocycles. The highest BCUT2D eigenvalue weighted by atomic mass is 19.4. The van der Waals surface area contributed by atoms with E-state index in [1.54, 1.807) is 30.3 Å². The van der Waals surface area contributed by atoms with Gasteiger partial charge in [-0.1, -0.05) is 91.7 Å². The molecule has 5 rings (SSSR count). The van der Waals surface area contributed by atoms with Crippen molar-refractivity contribution in [1.82, 2.24) is 0 Å². The zero-order valence-electron chi connectivity index (χ0n) is 22.2. The number of aryl methyl sites for hydroxylation is 2. The van der Waals surface area contributed by atoms with Gasteiger partial charge in [-0.25, -0.2) is 8.78 Å². The lowest BCUT2D eigenvalue weighted by molar-refractivity contribution is -0.256. The molecule has 4 aromatic rings. The summed E-state index contributed by atoms with van der Waals surface area (Å²) in [6, 6.07) is 22.4. The predicted molar refractivity (Wildman–Crippen MR) is 144 cm³/mol. The van der Waals surface area contributed by atoms with Crippen molar-refractivity contribution in [3.63, 3.8) is 0 Å². The van der Waals surface area contributed by atoms with Gasteiger partial charge in [-0.2, -0.15) is 13.2 Å². The van der Waals surface area contributed by atoms with Crippen LogP contribution in [0.3, 0.4) is 0 Å². The average molecular weight is 553 g/mol. The highest BCUT2D eigenvalue weighted by molar-refractivity contribution is 5.65. The normalized spacial score (nSPS) is 19.5. The molecule has 1 heterocycles. The second-order valence-corrected chi connectivity index (χ2v) is 10.2. The van der Waals surface area contributed by atoms with Gasteiger partial charge in [0.1, 0.15) is 0 Å². The number of alkyl halides is 3. The molecule has 1 aliphatic heterocycles. The highest BCUT2D eigenvalue weighted by Gasteiger charge is 2.44. The predicted octanol–water partition coefficient (Wildman–Crippen LogP) is 8.94. The first-order valence-electron chi connectivity index (χ1n) is 13.2. The van der Waals surface area contributed by atoms with E-state index in [2.05, 4.69) is 6.92 Å². The zero-order valence-corrected chi connectivity index (χ0v) is 22.2. The molecule has 1 aliphatic rings. The molecular weight excluding hydrogens is 523 g/mol. The van der Waals surface area contributed by atoms with E-state index in [4.69, 9.17) is 9.47 Å². The quantitative estimate of drug-likeness (QED) is 0.222. The van der Waals surface area contributed by atoms with Crippen molar-refractivity contribution in [3.05, 3.63) is 130 Å². The van der Waals surface area contributed by atoms with Crippen LogP contribution in [-0.4, -0.2) is 13.2 Å². The van der Waals surface area contributed by atoms with Crippen LogP contribution in [0.1, 0.15) is 52.6 Å². The van der Waals surface area contributed by atoms with Crippen molar-refractivity contribution >= 4 is 0 Å². The van der Waals surface area contributed by atoms with Gasteiger partial charge in [0.2, 0.25) is 5.79 Å². The second kappa shape index (κ2) is 11.1. The molecule has 0 bridgehead atoms. The van der Waals surface area contributed by atoms with Crippen LogP contribution in [-0.2, 0) is 27.9 Å². The molecule has 7 heteroatoms. The molecule has 4 aromatic carbocycles. The molecule has 0 spiro atoms. The van der Waals surface area contributed by atoms with Crippen LogP contribution in [0.4, 0.5) is 22.0 Å². The van der Waals surface area contributed by atoms with Gasteiger partial charge < -0.3 is 9.47 Å². The van der Waals surface area contributed by atoms with E-state index in [1.807, 2.05) is 25.1 Å². The molecule has 0 radical (unpaired) electrons. The third-order valence-corrected chi connectivity index (χ3v) is 7.30. The average Bonchev–Trinajstić information content (AvgIpc) is 2.95. The van der Waals surface area contributed by atoms with Gasteiger partial charge in [0.05, 0.1) is 18.8 Å². The van der Waals surface area contributed by atoms with Crippen LogP contribution in [0.2, 0.25) is 0 Å². The lowest BCUT2D eigenvalue weighted by Gasteiger charge is -2.41. The van der Waals surface area contributed by atoms with Crippen LogP contribution < -0.4 is 0 Å². The lowest BCUT2D eigenvalue weighted by atomic mass is 9.91. The Bertz CT molecular complexity index is 1490. The maximum atomic E-state index is 15.4. The first kappa shape index (κ1) is 28.0. The van der Waals surface area contributed by atoms with E-state index in [9.17, 15) is 13.2 Å². The SMILES string of the molecule is CCCc1ccc(-c2ccc(C3COC(c4cccc(C)c4)(c4cccc(C(F)(F)F)c4)OC3)c(F)c2F)cc1. The molecule has 40 heavy (non-hydrogen) atoms. The molecule has 0 unspecified atom stereocenters. The number of hydrogen-bond acceptors (Lipinski definition) is 2. The smallest absolute Gasteiger partial charge is 0.341 e. The number of hydrogen-bond donors (Lipinski definition) is 0. The number of rotatable bonds is 6. The summed E-state index contributed by atoms with van der Waals surface area (Å²) in [4.78, 5) is 0. The van der Waals surface area contributed by atoms with Crippen LogP contribution in [0.5, 0.6) is 0 Å². The summed E-state index contributed by atoms with van der Waals surface area (Å²) in [5, 5.41) is 0. The fourth-order valence-electron chi connectivity index (χ4n) is 5.20. The van der Waals surface area contributed by atoms with Gasteiger partial charge in [0.25, 0.3) is 0 Å². The summed E-state index contributed by atoms with van der Waals surface area (Å²) in [7, 11) is 0. The van der Waals surface area contributed by atoms with E-state index >= 15 is 8.78 Å². The first-order valence-corrected chi connectivity index (χ1v) is 13.2. The fraction of sp³-hybridized carbons (Fsp3) is 0.273. The van der Waals surface area contributed by atoms with Crippen molar-refractivity contribution < 1.29 is 31.4 Å². The van der Waals surface area contributed by atoms with Crippen LogP contribution in [0.15, 0.2) is 84.9 Å². The van der Waals surface area contributed by atoms with Gasteiger partial charge in [0.15, 0.2) is 11.6 Å². The third-order valence-electron chi connectivity index (χ3n) is 7.30. The van der Waals surface area contributed by atoms with E-state index in [0.29, 0.717) is 11.1 Å². The molecule has 0 aromatic heterocycles. The Balaban J connectivity index is 1.46. The van der Waals surface area contributed by atoms with E-state index in [-0.39, 0.29) is 29.9 Å². The minimum Gasteiger partial charge on any atom is -0.341 e. The number of ether oxygens (including phenoxy) is 2. The van der Waals surface area contributed by atoms with Crippen LogP contribution >= 0.6 is 0 Å². The fourth-order valence-corrected chi connectivity index (χ4v) is 5.20. The Kier molecular flexibility index (Phi) is 7.80. The summed E-state index contributed by atoms with van der Waals surface area (Å²) in [5.74, 6) is -4.26. The van der Waals surface area contributed by atoms with E-state index in [0.717, 1.165) is 36.1 Å². The molecule has 1 fully saturated rings. The van der Waals surface area contributed by atoms with Crippen molar-refractivity contribution in [3.8, 4) is 11.1 Å². The zero-order chi connectivity index (χ0) is 28.5. The van der Waals surface area contributed by atoms with Gasteiger partial charge in [-0.15, -0.1) is 0 Å². The Hall–Kier alpha value is -3.55. The summed E-state index contributed by atoms with van der Waals surface area (Å²) < 4.78 is 83.7. The molecule has 2 nitrogen and oxygen atoms in total. The van der Waals surface area contributed by atoms with Gasteiger partial charge in [-0.3, -0.25) is 0 Å². The summed E-state index contributed by atoms with van der Waals surface area (Å²) in [6.45, 7) is 3.74. The van der Waals surface area contributed by atoms with Crippen LogP contribution in [0.25, 0.3) is 11.1 Å². The van der Waals surface area contributed by atoms with E-state index < -0.39 is 35.1 Å². The monoisotopic (exact) mass is 552 g/mol. The Morgan fingerprint density at radius 2 is 1.45 bits per heavy atom. The van der Waals surface area contributed by atoms with Gasteiger partial charge >= 0.3 is 6.18 Å². The van der Waals surface area contributed by atoms with Crippen molar-refractivity contribution in [2.24, 2.45) is 0 Å². The lowest BCUT2D eigenvalue weighted by Crippen LogP contribution is -2.42. The van der Waals surface area contributed by atoms with Crippen molar-refractivity contribution in [1.29, 1.82) is 0 Å². The van der Waals surface area contributed by atoms with Gasteiger partial charge in [-0.05, 0) is 42.2 Å². The molecule has 0 atom stereocenters. The Morgan fingerprint density at radius 3 is 2.08 bits per heavy atom. The molecule has 208 valence electrons. The largest absolute Gasteiger partial charge is 0.416 e. The first-order chi connectivity index (χ1) is 19.1. The minimum absolute atomic E-state index is 0.0886. The molecular formula is C33H29F5O2. The van der Waals surface area contributed by atoms with Crippen molar-refractivity contribution in [2.75, 3.05) is 13.2 Å². The molecule has 1 saturated heterocycles. The minimum atomic E-state index is -4.56. The molecule has 0 aliphatic carbocycles. The number of benzene rings is 4. The topological polar surface area (TPSA) is 18.5 Å². The maximum absolute atomic E-state index is 15.4. The Morgan fingerprint density at radius 1 is 0.800 bits per heavy atom. The van der Waals surface area contributed by atoms with E-state index in [1.165, 1.54) is 24.3 Å². The summed E-state index contributed by atoms with van der Waals surface area (Å²) in [5.41, 5.74) is 2.65. The van der Waals surface area contributed by atoms with Crippen LogP contribution in [0, 0.1) is 18.6 Å². The van der Waals surface area contributed by atoms with Gasteiger partial charge in [0, 0.05) is 22.6 Å². The van der Waals surface area contributed by atoms with Crippen molar-refractivity contribution in [2.45, 2.75) is 44.6 Å². The Labute approximate surface area is 230 Å². The number of halogens is 5. The summed E-state index contributed by atoms with van der Waals surface area (Å²) in [6.07, 6.45) is -2.66. The third kappa shape index (κ3) is 5.40. The summed E-state index contributed by atoms with van der Waals surface area (Å²) >= 11 is 0. The second-order valence-electron chi connectivity index (χ2n) is 10.2. The maximum Gasteiger partial charge on any atom is 0.416 e. The highest BCUT2D eigenvalue weighted by Crippen LogP contribution is 2.43. The molecule has 0 N–H and O–H groups in total. The standard InChI is InChI=1S/C33H29F5O2/c1-3-6-22-11-13-23(14-12-22)28-15-16-29(31(35)30(28)34)24-19-39-32(40-20-24,25-8-4-7-21(2)17-25)26-9-5-10-27(18-26)33(36,37)38/h4-5,7-18,24H,3,6,19-20H2,1-2H3. The molecule has 0 amide bonds.